The Morgan fingerprint density at radius 1 is 1.43 bits per heavy atom. The Balaban J connectivity index is 2.08. The third-order valence-corrected chi connectivity index (χ3v) is 1.92. The zero-order valence-corrected chi connectivity index (χ0v) is 4.09. The lowest BCUT2D eigenvalue weighted by molar-refractivity contribution is 0.176. The number of aliphatic hydroxyl groups is 1. The van der Waals surface area contributed by atoms with Gasteiger partial charge in [-0.25, -0.2) is 0 Å². The molecule has 1 heterocycles. The van der Waals surface area contributed by atoms with E-state index in [1.807, 2.05) is 0 Å². The number of hydrogen-bond donors (Lipinski definition) is 2. The van der Waals surface area contributed by atoms with E-state index >= 15 is 0 Å². The number of aliphatic hydroxyl groups excluding tert-OH is 1. The minimum absolute atomic E-state index is 0.0231. The molecule has 3 atom stereocenters. The van der Waals surface area contributed by atoms with Gasteiger partial charge in [0.25, 0.3) is 0 Å². The van der Waals surface area contributed by atoms with Crippen molar-refractivity contribution in [3.05, 3.63) is 0 Å². The van der Waals surface area contributed by atoms with Crippen LogP contribution in [0.5, 0.6) is 0 Å². The molecule has 0 amide bonds. The second kappa shape index (κ2) is 1.01. The highest BCUT2D eigenvalue weighted by molar-refractivity contribution is 5.08. The van der Waals surface area contributed by atoms with Crippen molar-refractivity contribution in [3.8, 4) is 0 Å². The van der Waals surface area contributed by atoms with Crippen molar-refractivity contribution < 1.29 is 5.11 Å². The molecule has 2 nitrogen and oxygen atoms in total. The van der Waals surface area contributed by atoms with Gasteiger partial charge in [0.15, 0.2) is 0 Å². The fourth-order valence-electron chi connectivity index (χ4n) is 1.36. The zero-order valence-electron chi connectivity index (χ0n) is 4.09. The molecule has 2 heteroatoms. The van der Waals surface area contributed by atoms with Gasteiger partial charge in [0.2, 0.25) is 0 Å². The molecule has 1 aliphatic carbocycles. The van der Waals surface area contributed by atoms with Gasteiger partial charge in [-0.2, -0.15) is 0 Å². The van der Waals surface area contributed by atoms with Gasteiger partial charge in [-0.15, -0.1) is 0 Å². The molecule has 0 unspecified atom stereocenters. The average Bonchev–Trinajstić information content (AvgIpc) is 2.33. The van der Waals surface area contributed by atoms with E-state index in [1.54, 1.807) is 0 Å². The molecule has 2 aliphatic rings. The highest BCUT2D eigenvalue weighted by Gasteiger charge is 2.46. The van der Waals surface area contributed by atoms with Gasteiger partial charge >= 0.3 is 0 Å². The summed E-state index contributed by atoms with van der Waals surface area (Å²) >= 11 is 0. The quantitative estimate of drug-likeness (QED) is 0.401. The summed E-state index contributed by atoms with van der Waals surface area (Å²) in [5.41, 5.74) is 0. The van der Waals surface area contributed by atoms with E-state index in [2.05, 4.69) is 5.32 Å². The first-order valence-corrected chi connectivity index (χ1v) is 2.82. The van der Waals surface area contributed by atoms with Gasteiger partial charge in [-0.3, -0.25) is 0 Å². The highest BCUT2D eigenvalue weighted by Crippen LogP contribution is 2.30. The monoisotopic (exact) mass is 99.1 g/mol. The Labute approximate surface area is 42.5 Å². The first-order valence-electron chi connectivity index (χ1n) is 2.82. The second-order valence-corrected chi connectivity index (χ2v) is 2.44. The van der Waals surface area contributed by atoms with Crippen LogP contribution >= 0.6 is 0 Å². The van der Waals surface area contributed by atoms with Crippen molar-refractivity contribution in [1.82, 2.24) is 5.32 Å². The lowest BCUT2D eigenvalue weighted by Crippen LogP contribution is -2.12. The standard InChI is InChI=1S/C5H9NO/c7-4-2-1-3-5(4)6-3/h3-7H,1-2H2/t3-,4-,5+/m1/s1. The topological polar surface area (TPSA) is 42.2 Å². The van der Waals surface area contributed by atoms with Crippen molar-refractivity contribution in [2.24, 2.45) is 0 Å². The van der Waals surface area contributed by atoms with Crippen LogP contribution in [0.3, 0.4) is 0 Å². The lowest BCUT2D eigenvalue weighted by Gasteiger charge is -1.97. The molecule has 0 spiro atoms. The molecule has 2 N–H and O–H groups in total. The summed E-state index contributed by atoms with van der Waals surface area (Å²) in [5, 5.41) is 12.1. The van der Waals surface area contributed by atoms with Crippen molar-refractivity contribution in [2.45, 2.75) is 31.0 Å². The van der Waals surface area contributed by atoms with Crippen LogP contribution in [0, 0.1) is 0 Å². The highest BCUT2D eigenvalue weighted by atomic mass is 16.3. The average molecular weight is 99.1 g/mol. The van der Waals surface area contributed by atoms with Crippen molar-refractivity contribution in [1.29, 1.82) is 0 Å². The fourth-order valence-corrected chi connectivity index (χ4v) is 1.36. The van der Waals surface area contributed by atoms with E-state index in [0.717, 1.165) is 6.42 Å². The predicted molar refractivity (Wildman–Crippen MR) is 26.0 cm³/mol. The van der Waals surface area contributed by atoms with E-state index in [-0.39, 0.29) is 6.10 Å². The summed E-state index contributed by atoms with van der Waals surface area (Å²) in [6.07, 6.45) is 2.18. The van der Waals surface area contributed by atoms with Gasteiger partial charge < -0.3 is 10.4 Å². The maximum absolute atomic E-state index is 8.98. The summed E-state index contributed by atoms with van der Waals surface area (Å²) in [6, 6.07) is 1.18. The van der Waals surface area contributed by atoms with Crippen LogP contribution in [0.2, 0.25) is 0 Å². The van der Waals surface area contributed by atoms with Gasteiger partial charge in [0.05, 0.1) is 6.10 Å². The van der Waals surface area contributed by atoms with Gasteiger partial charge in [0.1, 0.15) is 0 Å². The molecular formula is C5H9NO. The van der Waals surface area contributed by atoms with Gasteiger partial charge in [-0.05, 0) is 12.8 Å². The van der Waals surface area contributed by atoms with Crippen LogP contribution in [0.25, 0.3) is 0 Å². The van der Waals surface area contributed by atoms with E-state index < -0.39 is 0 Å². The molecule has 2 fully saturated rings. The number of piperidine rings is 1. The molecule has 7 heavy (non-hydrogen) atoms. The minimum atomic E-state index is -0.0231. The maximum atomic E-state index is 8.98. The second-order valence-electron chi connectivity index (χ2n) is 2.44. The van der Waals surface area contributed by atoms with Crippen LogP contribution in [0.1, 0.15) is 12.8 Å². The zero-order chi connectivity index (χ0) is 4.85. The maximum Gasteiger partial charge on any atom is 0.0709 e. The van der Waals surface area contributed by atoms with Crippen LogP contribution < -0.4 is 5.32 Å². The molecule has 40 valence electrons. The summed E-state index contributed by atoms with van der Waals surface area (Å²) in [7, 11) is 0. The number of fused-ring (bicyclic) bond motifs is 1. The largest absolute Gasteiger partial charge is 0.391 e. The Bertz CT molecular complexity index is 94.1. The Morgan fingerprint density at radius 3 is 2.43 bits per heavy atom. The molecule has 0 aromatic rings. The fraction of sp³-hybridized carbons (Fsp3) is 1.00. The lowest BCUT2D eigenvalue weighted by atomic mass is 10.3. The SMILES string of the molecule is O[C@@H]1CC[C@H]2N[C@H]12. The third kappa shape index (κ3) is 0.409. The molecule has 2 rings (SSSR count). The summed E-state index contributed by atoms with van der Waals surface area (Å²) < 4.78 is 0. The van der Waals surface area contributed by atoms with E-state index in [4.69, 9.17) is 5.11 Å². The van der Waals surface area contributed by atoms with E-state index in [0.29, 0.717) is 12.1 Å². The molecule has 1 saturated carbocycles. The van der Waals surface area contributed by atoms with Crippen molar-refractivity contribution in [2.75, 3.05) is 0 Å². The molecular weight excluding hydrogens is 90.1 g/mol. The minimum Gasteiger partial charge on any atom is -0.391 e. The van der Waals surface area contributed by atoms with Crippen molar-refractivity contribution in [3.63, 3.8) is 0 Å². The van der Waals surface area contributed by atoms with Gasteiger partial charge in [0, 0.05) is 12.1 Å². The van der Waals surface area contributed by atoms with Crippen LogP contribution in [0.4, 0.5) is 0 Å². The predicted octanol–water partition coefficient (Wildman–Crippen LogP) is -0.519. The number of rotatable bonds is 0. The first-order chi connectivity index (χ1) is 3.38. The Morgan fingerprint density at radius 2 is 2.29 bits per heavy atom. The Hall–Kier alpha value is -0.0800. The van der Waals surface area contributed by atoms with Gasteiger partial charge in [-0.1, -0.05) is 0 Å². The number of nitrogens with one attached hydrogen (secondary N) is 1. The van der Waals surface area contributed by atoms with Crippen molar-refractivity contribution >= 4 is 0 Å². The molecule has 0 radical (unpaired) electrons. The Kier molecular flexibility index (Phi) is 0.557. The third-order valence-electron chi connectivity index (χ3n) is 1.92. The molecule has 0 bridgehead atoms. The first kappa shape index (κ1) is 3.87. The molecule has 1 aliphatic heterocycles. The van der Waals surface area contributed by atoms with Crippen LogP contribution in [-0.4, -0.2) is 23.3 Å². The van der Waals surface area contributed by atoms with Crippen LogP contribution in [-0.2, 0) is 0 Å². The summed E-state index contributed by atoms with van der Waals surface area (Å²) in [4.78, 5) is 0. The van der Waals surface area contributed by atoms with E-state index in [1.165, 1.54) is 6.42 Å². The molecule has 0 aromatic carbocycles. The van der Waals surface area contributed by atoms with E-state index in [9.17, 15) is 0 Å². The number of hydrogen-bond acceptors (Lipinski definition) is 2. The summed E-state index contributed by atoms with van der Waals surface area (Å²) in [5.74, 6) is 0. The molecule has 1 saturated heterocycles. The summed E-state index contributed by atoms with van der Waals surface area (Å²) in [6.45, 7) is 0. The van der Waals surface area contributed by atoms with Crippen LogP contribution in [0.15, 0.2) is 0 Å². The normalized spacial score (nSPS) is 57.0. The smallest absolute Gasteiger partial charge is 0.0709 e. The molecule has 0 aromatic heterocycles.